The van der Waals surface area contributed by atoms with E-state index in [1.165, 1.54) is 12.8 Å². The van der Waals surface area contributed by atoms with Crippen LogP contribution in [0.1, 0.15) is 26.2 Å². The number of nitrogens with zero attached hydrogens (tertiary/aromatic N) is 1. The lowest BCUT2D eigenvalue weighted by atomic mass is 9.96. The first-order valence-electron chi connectivity index (χ1n) is 6.42. The van der Waals surface area contributed by atoms with Crippen LogP contribution >= 0.6 is 0 Å². The van der Waals surface area contributed by atoms with Crippen molar-refractivity contribution in [2.45, 2.75) is 32.2 Å². The lowest BCUT2D eigenvalue weighted by molar-refractivity contribution is -0.142. The Morgan fingerprint density at radius 3 is 3.06 bits per heavy atom. The standard InChI is InChI=1S/C12H22N2O2/c1-2-13-8-10-4-3-6-14(9-10)11-5-7-16-12(11)15/h10-11,13H,2-9H2,1H3. The molecule has 0 bridgehead atoms. The Morgan fingerprint density at radius 1 is 1.50 bits per heavy atom. The molecule has 2 unspecified atom stereocenters. The van der Waals surface area contributed by atoms with Crippen molar-refractivity contribution >= 4 is 5.97 Å². The Balaban J connectivity index is 1.83. The van der Waals surface area contributed by atoms with Gasteiger partial charge < -0.3 is 10.1 Å². The van der Waals surface area contributed by atoms with E-state index in [1.807, 2.05) is 0 Å². The zero-order chi connectivity index (χ0) is 11.4. The molecule has 2 heterocycles. The molecule has 0 aromatic heterocycles. The van der Waals surface area contributed by atoms with Crippen LogP contribution in [0.5, 0.6) is 0 Å². The molecule has 92 valence electrons. The van der Waals surface area contributed by atoms with Crippen LogP contribution in [0, 0.1) is 5.92 Å². The number of ether oxygens (including phenoxy) is 1. The van der Waals surface area contributed by atoms with E-state index in [0.29, 0.717) is 12.5 Å². The maximum atomic E-state index is 11.5. The van der Waals surface area contributed by atoms with Gasteiger partial charge in [0.15, 0.2) is 0 Å². The van der Waals surface area contributed by atoms with E-state index in [9.17, 15) is 4.79 Å². The number of cyclic esters (lactones) is 1. The highest BCUT2D eigenvalue weighted by Crippen LogP contribution is 2.22. The molecule has 0 aromatic rings. The molecule has 2 rings (SSSR count). The van der Waals surface area contributed by atoms with Crippen LogP contribution in [0.4, 0.5) is 0 Å². The number of carbonyl (C=O) groups is 1. The molecule has 0 amide bonds. The van der Waals surface area contributed by atoms with Gasteiger partial charge in [-0.15, -0.1) is 0 Å². The Hall–Kier alpha value is -0.610. The predicted octanol–water partition coefficient (Wildman–Crippen LogP) is 0.623. The average Bonchev–Trinajstić information content (AvgIpc) is 2.73. The van der Waals surface area contributed by atoms with E-state index in [1.54, 1.807) is 0 Å². The Labute approximate surface area is 97.3 Å². The summed E-state index contributed by atoms with van der Waals surface area (Å²) in [5.74, 6) is 0.686. The van der Waals surface area contributed by atoms with Gasteiger partial charge in [0.05, 0.1) is 6.61 Å². The van der Waals surface area contributed by atoms with E-state index in [0.717, 1.165) is 32.6 Å². The summed E-state index contributed by atoms with van der Waals surface area (Å²) in [5, 5.41) is 3.40. The van der Waals surface area contributed by atoms with Gasteiger partial charge in [-0.2, -0.15) is 0 Å². The molecular weight excluding hydrogens is 204 g/mol. The average molecular weight is 226 g/mol. The fraction of sp³-hybridized carbons (Fsp3) is 0.917. The number of esters is 1. The van der Waals surface area contributed by atoms with Crippen molar-refractivity contribution < 1.29 is 9.53 Å². The van der Waals surface area contributed by atoms with Crippen LogP contribution in [0.15, 0.2) is 0 Å². The van der Waals surface area contributed by atoms with Gasteiger partial charge in [-0.3, -0.25) is 9.69 Å². The SMILES string of the molecule is CCNCC1CCCN(C2CCOC2=O)C1. The van der Waals surface area contributed by atoms with Crippen LogP contribution in [0.2, 0.25) is 0 Å². The first-order valence-corrected chi connectivity index (χ1v) is 6.42. The number of likely N-dealkylation sites (tertiary alicyclic amines) is 1. The Morgan fingerprint density at radius 2 is 2.38 bits per heavy atom. The lowest BCUT2D eigenvalue weighted by Gasteiger charge is -2.35. The first-order chi connectivity index (χ1) is 7.81. The highest BCUT2D eigenvalue weighted by atomic mass is 16.5. The largest absolute Gasteiger partial charge is 0.464 e. The van der Waals surface area contributed by atoms with Crippen molar-refractivity contribution in [2.24, 2.45) is 5.92 Å². The van der Waals surface area contributed by atoms with Crippen molar-refractivity contribution in [3.05, 3.63) is 0 Å². The second-order valence-electron chi connectivity index (χ2n) is 4.78. The molecule has 2 aliphatic rings. The molecule has 0 aromatic carbocycles. The van der Waals surface area contributed by atoms with E-state index in [-0.39, 0.29) is 12.0 Å². The van der Waals surface area contributed by atoms with Crippen molar-refractivity contribution in [1.29, 1.82) is 0 Å². The summed E-state index contributed by atoms with van der Waals surface area (Å²) in [5.41, 5.74) is 0. The molecule has 0 saturated carbocycles. The quantitative estimate of drug-likeness (QED) is 0.714. The maximum Gasteiger partial charge on any atom is 0.323 e. The van der Waals surface area contributed by atoms with Crippen LogP contribution in [0.3, 0.4) is 0 Å². The molecule has 0 aliphatic carbocycles. The summed E-state index contributed by atoms with van der Waals surface area (Å²) in [6.45, 7) is 6.96. The predicted molar refractivity (Wildman–Crippen MR) is 62.2 cm³/mol. The number of nitrogens with one attached hydrogen (secondary N) is 1. The second kappa shape index (κ2) is 5.64. The van der Waals surface area contributed by atoms with Crippen molar-refractivity contribution in [2.75, 3.05) is 32.8 Å². The summed E-state index contributed by atoms with van der Waals surface area (Å²) < 4.78 is 5.04. The normalized spacial score (nSPS) is 31.7. The smallest absolute Gasteiger partial charge is 0.323 e. The molecular formula is C12H22N2O2. The number of hydrogen-bond acceptors (Lipinski definition) is 4. The molecule has 0 spiro atoms. The third-order valence-corrected chi connectivity index (χ3v) is 3.58. The fourth-order valence-electron chi connectivity index (χ4n) is 2.71. The maximum absolute atomic E-state index is 11.5. The summed E-state index contributed by atoms with van der Waals surface area (Å²) in [7, 11) is 0. The number of carbonyl (C=O) groups excluding carboxylic acids is 1. The minimum atomic E-state index is -0.0101. The fourth-order valence-corrected chi connectivity index (χ4v) is 2.71. The van der Waals surface area contributed by atoms with Crippen molar-refractivity contribution in [3.8, 4) is 0 Å². The molecule has 2 atom stereocenters. The summed E-state index contributed by atoms with van der Waals surface area (Å²) in [6.07, 6.45) is 3.37. The minimum absolute atomic E-state index is 0.0101. The van der Waals surface area contributed by atoms with Gasteiger partial charge in [0.25, 0.3) is 0 Å². The van der Waals surface area contributed by atoms with Gasteiger partial charge in [-0.05, 0) is 38.4 Å². The van der Waals surface area contributed by atoms with Gasteiger partial charge in [-0.1, -0.05) is 6.92 Å². The minimum Gasteiger partial charge on any atom is -0.464 e. The third-order valence-electron chi connectivity index (χ3n) is 3.58. The molecule has 16 heavy (non-hydrogen) atoms. The molecule has 4 heteroatoms. The van der Waals surface area contributed by atoms with Gasteiger partial charge in [0, 0.05) is 13.0 Å². The van der Waals surface area contributed by atoms with E-state index in [2.05, 4.69) is 17.1 Å². The molecule has 2 aliphatic heterocycles. The third kappa shape index (κ3) is 2.74. The van der Waals surface area contributed by atoms with Crippen LogP contribution in [0.25, 0.3) is 0 Å². The van der Waals surface area contributed by atoms with Crippen molar-refractivity contribution in [1.82, 2.24) is 10.2 Å². The number of rotatable bonds is 4. The summed E-state index contributed by atoms with van der Waals surface area (Å²) >= 11 is 0. The number of piperidine rings is 1. The highest BCUT2D eigenvalue weighted by Gasteiger charge is 2.34. The van der Waals surface area contributed by atoms with Crippen LogP contribution in [-0.2, 0) is 9.53 Å². The molecule has 2 fully saturated rings. The summed E-state index contributed by atoms with van der Waals surface area (Å²) in [4.78, 5) is 13.8. The highest BCUT2D eigenvalue weighted by molar-refractivity contribution is 5.77. The van der Waals surface area contributed by atoms with Gasteiger partial charge in [0.2, 0.25) is 0 Å². The van der Waals surface area contributed by atoms with Crippen LogP contribution in [-0.4, -0.2) is 49.7 Å². The van der Waals surface area contributed by atoms with E-state index >= 15 is 0 Å². The van der Waals surface area contributed by atoms with E-state index < -0.39 is 0 Å². The summed E-state index contributed by atoms with van der Waals surface area (Å²) in [6, 6.07) is 0.0458. The van der Waals surface area contributed by atoms with E-state index in [4.69, 9.17) is 4.74 Å². The molecule has 0 radical (unpaired) electrons. The van der Waals surface area contributed by atoms with Crippen LogP contribution < -0.4 is 5.32 Å². The molecule has 2 saturated heterocycles. The van der Waals surface area contributed by atoms with Gasteiger partial charge in [0.1, 0.15) is 6.04 Å². The molecule has 1 N–H and O–H groups in total. The second-order valence-corrected chi connectivity index (χ2v) is 4.78. The monoisotopic (exact) mass is 226 g/mol. The Bertz CT molecular complexity index is 245. The Kier molecular flexibility index (Phi) is 4.18. The first kappa shape index (κ1) is 11.9. The van der Waals surface area contributed by atoms with Crippen molar-refractivity contribution in [3.63, 3.8) is 0 Å². The van der Waals surface area contributed by atoms with Gasteiger partial charge in [-0.25, -0.2) is 0 Å². The zero-order valence-corrected chi connectivity index (χ0v) is 10.1. The topological polar surface area (TPSA) is 41.6 Å². The lowest BCUT2D eigenvalue weighted by Crippen LogP contribution is -2.46. The van der Waals surface area contributed by atoms with Gasteiger partial charge >= 0.3 is 5.97 Å². The molecule has 4 nitrogen and oxygen atoms in total. The number of hydrogen-bond donors (Lipinski definition) is 1. The zero-order valence-electron chi connectivity index (χ0n) is 10.1.